The molecule has 2 N–H and O–H groups in total. The average Bonchev–Trinajstić information content (AvgIpc) is 2.76. The van der Waals surface area contributed by atoms with E-state index in [4.69, 9.17) is 0 Å². The second-order valence-corrected chi connectivity index (χ2v) is 10.1. The van der Waals surface area contributed by atoms with Crippen molar-refractivity contribution in [2.24, 2.45) is 0 Å². The molecule has 0 fully saturated rings. The summed E-state index contributed by atoms with van der Waals surface area (Å²) in [6.45, 7) is 1.57. The van der Waals surface area contributed by atoms with Crippen LogP contribution >= 0.6 is 0 Å². The third-order valence-corrected chi connectivity index (χ3v) is 7.15. The third kappa shape index (κ3) is 5.42. The SMILES string of the molecule is Cc1ccc(NS(=O)(=O)c2cccc([N+](=O)[O-])c2)cc1NS(=O)(=O)c1cccc([N+](=O)[O-])c1. The molecule has 12 nitrogen and oxygen atoms in total. The summed E-state index contributed by atoms with van der Waals surface area (Å²) < 4.78 is 55.2. The largest absolute Gasteiger partial charge is 0.280 e. The van der Waals surface area contributed by atoms with Crippen molar-refractivity contribution in [3.8, 4) is 0 Å². The van der Waals surface area contributed by atoms with E-state index < -0.39 is 41.3 Å². The van der Waals surface area contributed by atoms with E-state index in [0.29, 0.717) is 5.56 Å². The fourth-order valence-electron chi connectivity index (χ4n) is 2.74. The van der Waals surface area contributed by atoms with Crippen LogP contribution in [0.5, 0.6) is 0 Å². The van der Waals surface area contributed by atoms with Gasteiger partial charge in [-0.3, -0.25) is 29.7 Å². The Morgan fingerprint density at radius 2 is 1.18 bits per heavy atom. The van der Waals surface area contributed by atoms with E-state index in [9.17, 15) is 37.1 Å². The molecule has 0 bridgehead atoms. The van der Waals surface area contributed by atoms with Gasteiger partial charge >= 0.3 is 0 Å². The zero-order chi connectivity index (χ0) is 24.4. The average molecular weight is 492 g/mol. The van der Waals surface area contributed by atoms with Crippen molar-refractivity contribution < 1.29 is 26.7 Å². The Kier molecular flexibility index (Phi) is 6.32. The lowest BCUT2D eigenvalue weighted by molar-refractivity contribution is -0.385. The Morgan fingerprint density at radius 1 is 0.697 bits per heavy atom. The highest BCUT2D eigenvalue weighted by atomic mass is 32.2. The molecule has 0 aliphatic heterocycles. The fourth-order valence-corrected chi connectivity index (χ4v) is 4.99. The number of aryl methyl sites for hydroxylation is 1. The van der Waals surface area contributed by atoms with Gasteiger partial charge in [-0.15, -0.1) is 0 Å². The molecule has 3 aromatic carbocycles. The molecular weight excluding hydrogens is 476 g/mol. The van der Waals surface area contributed by atoms with Crippen molar-refractivity contribution in [1.82, 2.24) is 0 Å². The van der Waals surface area contributed by atoms with Crippen LogP contribution in [0.25, 0.3) is 0 Å². The van der Waals surface area contributed by atoms with Crippen LogP contribution in [0.3, 0.4) is 0 Å². The van der Waals surface area contributed by atoms with Gasteiger partial charge in [0.05, 0.1) is 31.0 Å². The van der Waals surface area contributed by atoms with Gasteiger partial charge in [0.2, 0.25) is 0 Å². The van der Waals surface area contributed by atoms with Crippen LogP contribution < -0.4 is 9.44 Å². The van der Waals surface area contributed by atoms with Crippen molar-refractivity contribution in [2.45, 2.75) is 16.7 Å². The first-order valence-electron chi connectivity index (χ1n) is 9.04. The van der Waals surface area contributed by atoms with Gasteiger partial charge in [0, 0.05) is 24.3 Å². The van der Waals surface area contributed by atoms with Gasteiger partial charge in [-0.2, -0.15) is 0 Å². The quantitative estimate of drug-likeness (QED) is 0.354. The van der Waals surface area contributed by atoms with Crippen LogP contribution in [0, 0.1) is 27.2 Å². The predicted octanol–water partition coefficient (Wildman–Crippen LogP) is 3.41. The molecule has 0 aromatic heterocycles. The van der Waals surface area contributed by atoms with Gasteiger partial charge < -0.3 is 0 Å². The number of hydrogen-bond donors (Lipinski definition) is 2. The molecule has 0 unspecified atom stereocenters. The summed E-state index contributed by atoms with van der Waals surface area (Å²) in [5.74, 6) is 0. The van der Waals surface area contributed by atoms with Crippen LogP contribution in [0.4, 0.5) is 22.7 Å². The van der Waals surface area contributed by atoms with E-state index in [0.717, 1.165) is 24.3 Å². The molecule has 3 aromatic rings. The lowest BCUT2D eigenvalue weighted by Gasteiger charge is -2.14. The van der Waals surface area contributed by atoms with E-state index in [2.05, 4.69) is 9.44 Å². The van der Waals surface area contributed by atoms with Crippen LogP contribution in [0.1, 0.15) is 5.56 Å². The first-order chi connectivity index (χ1) is 15.4. The molecule has 0 radical (unpaired) electrons. The Bertz CT molecular complexity index is 1470. The first-order valence-corrected chi connectivity index (χ1v) is 12.0. The maximum Gasteiger partial charge on any atom is 0.270 e. The van der Waals surface area contributed by atoms with Gasteiger partial charge in [-0.25, -0.2) is 16.8 Å². The number of anilines is 2. The summed E-state index contributed by atoms with van der Waals surface area (Å²) in [5, 5.41) is 21.8. The van der Waals surface area contributed by atoms with E-state index in [1.54, 1.807) is 6.92 Å². The highest BCUT2D eigenvalue weighted by molar-refractivity contribution is 7.93. The summed E-state index contributed by atoms with van der Waals surface area (Å²) in [7, 11) is -8.44. The summed E-state index contributed by atoms with van der Waals surface area (Å²) in [6.07, 6.45) is 0. The standard InChI is InChI=1S/C19H16N4O8S2/c1-13-8-9-14(20-32(28,29)17-6-2-4-15(11-17)22(24)25)10-19(13)21-33(30,31)18-7-3-5-16(12-18)23(26)27/h2-12,20-21H,1H3. The van der Waals surface area contributed by atoms with Crippen LogP contribution in [-0.2, 0) is 20.0 Å². The number of benzene rings is 3. The molecule has 0 spiro atoms. The van der Waals surface area contributed by atoms with Crippen molar-refractivity contribution >= 4 is 42.8 Å². The summed E-state index contributed by atoms with van der Waals surface area (Å²) in [4.78, 5) is 19.7. The third-order valence-electron chi connectivity index (χ3n) is 4.41. The van der Waals surface area contributed by atoms with Crippen LogP contribution in [-0.4, -0.2) is 26.7 Å². The Labute approximate surface area is 188 Å². The monoisotopic (exact) mass is 492 g/mol. The molecular formula is C19H16N4O8S2. The van der Waals surface area contributed by atoms with Gasteiger partial charge in [-0.1, -0.05) is 18.2 Å². The topological polar surface area (TPSA) is 179 Å². The highest BCUT2D eigenvalue weighted by Gasteiger charge is 2.21. The minimum absolute atomic E-state index is 0.0103. The lowest BCUT2D eigenvalue weighted by atomic mass is 10.2. The van der Waals surface area contributed by atoms with Crippen molar-refractivity contribution in [3.05, 3.63) is 92.5 Å². The number of sulfonamides is 2. The van der Waals surface area contributed by atoms with Gasteiger partial charge in [-0.05, 0) is 36.8 Å². The second kappa shape index (κ2) is 8.84. The molecule has 0 atom stereocenters. The van der Waals surface area contributed by atoms with Gasteiger partial charge in [0.1, 0.15) is 0 Å². The van der Waals surface area contributed by atoms with E-state index in [-0.39, 0.29) is 21.2 Å². The predicted molar refractivity (Wildman–Crippen MR) is 119 cm³/mol. The summed E-state index contributed by atoms with van der Waals surface area (Å²) in [5.41, 5.74) is -0.354. The minimum Gasteiger partial charge on any atom is -0.280 e. The Balaban J connectivity index is 1.91. The van der Waals surface area contributed by atoms with Gasteiger partial charge in [0.15, 0.2) is 0 Å². The number of nitrogens with one attached hydrogen (secondary N) is 2. The summed E-state index contributed by atoms with van der Waals surface area (Å²) >= 11 is 0. The highest BCUT2D eigenvalue weighted by Crippen LogP contribution is 2.27. The Hall–Kier alpha value is -4.04. The molecule has 0 amide bonds. The molecule has 0 saturated heterocycles. The van der Waals surface area contributed by atoms with Gasteiger partial charge in [0.25, 0.3) is 31.4 Å². The molecule has 0 aliphatic carbocycles. The molecule has 3 rings (SSSR count). The number of nitro benzene ring substituents is 2. The van der Waals surface area contributed by atoms with E-state index in [1.807, 2.05) is 0 Å². The van der Waals surface area contributed by atoms with Crippen LogP contribution in [0.15, 0.2) is 76.5 Å². The molecule has 14 heteroatoms. The van der Waals surface area contributed by atoms with Crippen molar-refractivity contribution in [2.75, 3.05) is 9.44 Å². The maximum absolute atomic E-state index is 12.7. The lowest BCUT2D eigenvalue weighted by Crippen LogP contribution is -2.16. The van der Waals surface area contributed by atoms with Crippen LogP contribution in [0.2, 0.25) is 0 Å². The second-order valence-electron chi connectivity index (χ2n) is 6.75. The van der Waals surface area contributed by atoms with Crippen molar-refractivity contribution in [3.63, 3.8) is 0 Å². The first kappa shape index (κ1) is 23.6. The molecule has 0 heterocycles. The zero-order valence-corrected chi connectivity index (χ0v) is 18.5. The molecule has 33 heavy (non-hydrogen) atoms. The number of nitro groups is 2. The number of hydrogen-bond acceptors (Lipinski definition) is 8. The van der Waals surface area contributed by atoms with Crippen molar-refractivity contribution in [1.29, 1.82) is 0 Å². The molecule has 0 aliphatic rings. The minimum atomic E-state index is -4.23. The number of rotatable bonds is 8. The molecule has 172 valence electrons. The zero-order valence-electron chi connectivity index (χ0n) is 16.8. The van der Waals surface area contributed by atoms with E-state index in [1.165, 1.54) is 42.5 Å². The fraction of sp³-hybridized carbons (Fsp3) is 0.0526. The Morgan fingerprint density at radius 3 is 1.67 bits per heavy atom. The number of non-ortho nitro benzene ring substituents is 2. The molecule has 0 saturated carbocycles. The normalized spacial score (nSPS) is 11.5. The van der Waals surface area contributed by atoms with E-state index >= 15 is 0 Å². The smallest absolute Gasteiger partial charge is 0.270 e. The maximum atomic E-state index is 12.7. The number of nitrogens with zero attached hydrogens (tertiary/aromatic N) is 2. The summed E-state index contributed by atoms with van der Waals surface area (Å²) in [6, 6.07) is 12.9.